The first-order valence-corrected chi connectivity index (χ1v) is 12.4. The van der Waals surface area contributed by atoms with Gasteiger partial charge in [0.2, 0.25) is 0 Å². The quantitative estimate of drug-likeness (QED) is 0.280. The van der Waals surface area contributed by atoms with Crippen molar-refractivity contribution >= 4 is 34.4 Å². The molecule has 4 heterocycles. The fourth-order valence-electron chi connectivity index (χ4n) is 4.63. The highest BCUT2D eigenvalue weighted by atomic mass is 16.7. The highest BCUT2D eigenvalue weighted by molar-refractivity contribution is 5.93. The fraction of sp³-hybridized carbons (Fsp3) is 0.179. The van der Waals surface area contributed by atoms with E-state index in [0.717, 1.165) is 40.1 Å². The smallest absolute Gasteiger partial charge is 0.339 e. The van der Waals surface area contributed by atoms with Crippen molar-refractivity contribution in [3.8, 4) is 11.3 Å². The summed E-state index contributed by atoms with van der Waals surface area (Å²) in [6.07, 6.45) is 3.96. The van der Waals surface area contributed by atoms with Gasteiger partial charge in [0.05, 0.1) is 12.6 Å². The maximum Gasteiger partial charge on any atom is 0.346 e. The molecule has 3 N–H and O–H groups in total. The fourth-order valence-corrected chi connectivity index (χ4v) is 4.63. The van der Waals surface area contributed by atoms with Crippen LogP contribution in [-0.2, 0) is 4.84 Å². The van der Waals surface area contributed by atoms with E-state index in [1.54, 1.807) is 6.20 Å². The molecular weight excluding hydrogens is 480 g/mol. The Hall–Kier alpha value is -4.83. The number of nitrogens with zero attached hydrogens (tertiary/aromatic N) is 5. The lowest BCUT2D eigenvalue weighted by atomic mass is 10.1. The molecule has 6 rings (SSSR count). The molecule has 0 bridgehead atoms. The van der Waals surface area contributed by atoms with Crippen molar-refractivity contribution in [2.24, 2.45) is 0 Å². The Kier molecular flexibility index (Phi) is 6.14. The number of pyridine rings is 1. The summed E-state index contributed by atoms with van der Waals surface area (Å²) in [5, 5.41) is 7.83. The van der Waals surface area contributed by atoms with Crippen molar-refractivity contribution in [2.45, 2.75) is 26.3 Å². The van der Waals surface area contributed by atoms with Crippen molar-refractivity contribution in [2.75, 3.05) is 17.2 Å². The number of anilines is 3. The normalized spacial score (nSPS) is 15.1. The molecule has 0 aliphatic carbocycles. The number of H-pyrrole nitrogens is 1. The average Bonchev–Trinajstić information content (AvgIpc) is 3.58. The lowest BCUT2D eigenvalue weighted by Gasteiger charge is -2.23. The van der Waals surface area contributed by atoms with Gasteiger partial charge in [0.25, 0.3) is 0 Å². The molecule has 2 aromatic carbocycles. The van der Waals surface area contributed by atoms with Gasteiger partial charge >= 0.3 is 6.03 Å². The Labute approximate surface area is 219 Å². The van der Waals surface area contributed by atoms with E-state index >= 15 is 0 Å². The first kappa shape index (κ1) is 23.6. The third-order valence-corrected chi connectivity index (χ3v) is 6.50. The number of carbonyl (C=O) groups excluding carboxylic acids is 1. The van der Waals surface area contributed by atoms with Gasteiger partial charge in [-0.1, -0.05) is 36.4 Å². The van der Waals surface area contributed by atoms with E-state index in [4.69, 9.17) is 4.84 Å². The van der Waals surface area contributed by atoms with Crippen LogP contribution in [0.25, 0.3) is 22.4 Å². The number of imidazole rings is 1. The molecule has 1 atom stereocenters. The lowest BCUT2D eigenvalue weighted by molar-refractivity contribution is -0.0829. The van der Waals surface area contributed by atoms with Crippen molar-refractivity contribution in [1.29, 1.82) is 0 Å². The number of hydrogen-bond acceptors (Lipinski definition) is 7. The zero-order valence-corrected chi connectivity index (χ0v) is 21.0. The zero-order valence-electron chi connectivity index (χ0n) is 21.0. The van der Waals surface area contributed by atoms with E-state index in [2.05, 4.69) is 35.6 Å². The van der Waals surface area contributed by atoms with Crippen LogP contribution in [0.1, 0.15) is 29.4 Å². The summed E-state index contributed by atoms with van der Waals surface area (Å²) in [6.45, 7) is 4.36. The molecule has 5 aromatic rings. The molecule has 1 fully saturated rings. The molecule has 10 nitrogen and oxygen atoms in total. The van der Waals surface area contributed by atoms with Crippen LogP contribution < -0.4 is 10.6 Å². The molecule has 1 saturated heterocycles. The van der Waals surface area contributed by atoms with E-state index in [1.165, 1.54) is 11.4 Å². The van der Waals surface area contributed by atoms with Gasteiger partial charge in [-0.25, -0.2) is 24.7 Å². The largest absolute Gasteiger partial charge is 0.346 e. The summed E-state index contributed by atoms with van der Waals surface area (Å²) in [4.78, 5) is 39.9. The van der Waals surface area contributed by atoms with Crippen LogP contribution in [0, 0.1) is 13.8 Å². The van der Waals surface area contributed by atoms with Crippen LogP contribution >= 0.6 is 0 Å². The van der Waals surface area contributed by atoms with Crippen LogP contribution in [0.2, 0.25) is 0 Å². The van der Waals surface area contributed by atoms with Crippen molar-refractivity contribution < 1.29 is 9.63 Å². The van der Waals surface area contributed by atoms with Crippen LogP contribution in [-0.4, -0.2) is 42.6 Å². The molecule has 1 aliphatic heterocycles. The monoisotopic (exact) mass is 506 g/mol. The number of urea groups is 1. The van der Waals surface area contributed by atoms with Crippen LogP contribution in [0.5, 0.6) is 0 Å². The Morgan fingerprint density at radius 1 is 1.05 bits per heavy atom. The standard InChI is InChI=1S/C28H26N8O2/c1-17-10-11-20(34-28(37)36-23(12-14-38-36)19-7-4-3-5-8-19)15-22(17)35-26-21(9-6-13-29-26)24-25-27(31-16-30-24)33-18(2)32-25/h3-11,13,15-16,23H,12,14H2,1-2H3,(H,29,35)(H,34,37)(H,30,31,32,33)/t23-/m1/s1. The average molecular weight is 507 g/mol. The molecule has 2 amide bonds. The molecule has 0 spiro atoms. The topological polar surface area (TPSA) is 121 Å². The third kappa shape index (κ3) is 4.53. The third-order valence-electron chi connectivity index (χ3n) is 6.50. The number of amides is 2. The number of aryl methyl sites for hydroxylation is 2. The Balaban J connectivity index is 1.26. The van der Waals surface area contributed by atoms with Crippen molar-refractivity contribution in [1.82, 2.24) is 30.0 Å². The minimum Gasteiger partial charge on any atom is -0.339 e. The van der Waals surface area contributed by atoms with E-state index in [1.807, 2.05) is 74.5 Å². The number of aromatic amines is 1. The predicted octanol–water partition coefficient (Wildman–Crippen LogP) is 5.69. The van der Waals surface area contributed by atoms with Crippen LogP contribution in [0.15, 0.2) is 73.2 Å². The maximum absolute atomic E-state index is 13.2. The first-order chi connectivity index (χ1) is 18.6. The van der Waals surface area contributed by atoms with Gasteiger partial charge < -0.3 is 15.6 Å². The molecular formula is C28H26N8O2. The highest BCUT2D eigenvalue weighted by Gasteiger charge is 2.31. The number of aromatic nitrogens is 5. The molecule has 10 heteroatoms. The van der Waals surface area contributed by atoms with Crippen molar-refractivity contribution in [3.63, 3.8) is 0 Å². The lowest BCUT2D eigenvalue weighted by Crippen LogP contribution is -2.33. The number of fused-ring (bicyclic) bond motifs is 1. The second-order valence-corrected chi connectivity index (χ2v) is 9.10. The summed E-state index contributed by atoms with van der Waals surface area (Å²) < 4.78 is 0. The predicted molar refractivity (Wildman–Crippen MR) is 145 cm³/mol. The van der Waals surface area contributed by atoms with E-state index < -0.39 is 0 Å². The summed E-state index contributed by atoms with van der Waals surface area (Å²) >= 11 is 0. The minimum atomic E-state index is -0.317. The van der Waals surface area contributed by atoms with Crippen molar-refractivity contribution in [3.05, 3.63) is 90.1 Å². The molecule has 0 unspecified atom stereocenters. The van der Waals surface area contributed by atoms with E-state index in [-0.39, 0.29) is 12.1 Å². The van der Waals surface area contributed by atoms with Gasteiger partial charge in [-0.05, 0) is 49.2 Å². The number of hydroxylamine groups is 2. The number of hydrogen-bond donors (Lipinski definition) is 3. The number of nitrogens with one attached hydrogen (secondary N) is 3. The Bertz CT molecular complexity index is 1620. The zero-order chi connectivity index (χ0) is 26.1. The minimum absolute atomic E-state index is 0.133. The number of rotatable bonds is 5. The summed E-state index contributed by atoms with van der Waals surface area (Å²) in [6, 6.07) is 19.0. The number of benzene rings is 2. The maximum atomic E-state index is 13.2. The Morgan fingerprint density at radius 3 is 2.79 bits per heavy atom. The van der Waals surface area contributed by atoms with E-state index in [0.29, 0.717) is 29.5 Å². The van der Waals surface area contributed by atoms with E-state index in [9.17, 15) is 4.79 Å². The van der Waals surface area contributed by atoms with Crippen LogP contribution in [0.3, 0.4) is 0 Å². The highest BCUT2D eigenvalue weighted by Crippen LogP contribution is 2.33. The molecule has 0 radical (unpaired) electrons. The number of carbonyl (C=O) groups is 1. The molecule has 38 heavy (non-hydrogen) atoms. The second kappa shape index (κ2) is 9.91. The summed E-state index contributed by atoms with van der Waals surface area (Å²) in [5.74, 6) is 1.38. The van der Waals surface area contributed by atoms with Gasteiger partial charge in [0.15, 0.2) is 5.65 Å². The summed E-state index contributed by atoms with van der Waals surface area (Å²) in [5.41, 5.74) is 6.32. The first-order valence-electron chi connectivity index (χ1n) is 12.4. The summed E-state index contributed by atoms with van der Waals surface area (Å²) in [7, 11) is 0. The van der Waals surface area contributed by atoms with Crippen LogP contribution in [0.4, 0.5) is 22.0 Å². The van der Waals surface area contributed by atoms with Gasteiger partial charge in [0.1, 0.15) is 29.2 Å². The van der Waals surface area contributed by atoms with Gasteiger partial charge in [-0.3, -0.25) is 4.84 Å². The van der Waals surface area contributed by atoms with Gasteiger partial charge in [-0.2, -0.15) is 5.06 Å². The molecule has 190 valence electrons. The van der Waals surface area contributed by atoms with Gasteiger partial charge in [-0.15, -0.1) is 0 Å². The SMILES string of the molecule is Cc1nc2ncnc(-c3cccnc3Nc3cc(NC(=O)N4OCC[C@@H]4c4ccccc4)ccc3C)c2[nH]1. The second-order valence-electron chi connectivity index (χ2n) is 9.10. The molecule has 0 saturated carbocycles. The molecule has 1 aliphatic rings. The Morgan fingerprint density at radius 2 is 1.92 bits per heavy atom. The molecule has 3 aromatic heterocycles. The van der Waals surface area contributed by atoms with Gasteiger partial charge in [0, 0.05) is 29.6 Å².